The Morgan fingerprint density at radius 2 is 1.96 bits per heavy atom. The van der Waals surface area contributed by atoms with Crippen LogP contribution in [-0.2, 0) is 16.1 Å². The van der Waals surface area contributed by atoms with Crippen molar-refractivity contribution in [1.29, 1.82) is 0 Å². The highest BCUT2D eigenvalue weighted by atomic mass is 16.6. The Labute approximate surface area is 152 Å². The largest absolute Gasteiger partial charge is 0.448 e. The maximum atomic E-state index is 12.1. The molecule has 2 saturated heterocycles. The van der Waals surface area contributed by atoms with Crippen molar-refractivity contribution in [3.63, 3.8) is 0 Å². The molecule has 3 rings (SSSR count). The summed E-state index contributed by atoms with van der Waals surface area (Å²) in [4.78, 5) is 38.6. The van der Waals surface area contributed by atoms with Gasteiger partial charge in [-0.2, -0.15) is 0 Å². The van der Waals surface area contributed by atoms with E-state index in [-0.39, 0.29) is 24.1 Å². The summed E-state index contributed by atoms with van der Waals surface area (Å²) < 4.78 is 4.90. The lowest BCUT2D eigenvalue weighted by Crippen LogP contribution is -2.44. The van der Waals surface area contributed by atoms with E-state index >= 15 is 0 Å². The summed E-state index contributed by atoms with van der Waals surface area (Å²) in [6, 6.07) is 6.90. The highest BCUT2D eigenvalue weighted by Gasteiger charge is 2.23. The number of urea groups is 1. The lowest BCUT2D eigenvalue weighted by atomic mass is 10.2. The van der Waals surface area contributed by atoms with Crippen LogP contribution in [0.5, 0.6) is 0 Å². The van der Waals surface area contributed by atoms with Crippen molar-refractivity contribution < 1.29 is 19.1 Å². The molecule has 8 nitrogen and oxygen atoms in total. The number of hydrogen-bond donors (Lipinski definition) is 2. The summed E-state index contributed by atoms with van der Waals surface area (Å²) in [7, 11) is 0. The normalized spacial score (nSPS) is 18.0. The third kappa shape index (κ3) is 4.65. The highest BCUT2D eigenvalue weighted by Crippen LogP contribution is 2.14. The van der Waals surface area contributed by atoms with Crippen molar-refractivity contribution in [2.24, 2.45) is 0 Å². The average molecular weight is 360 g/mol. The molecule has 1 atom stereocenters. The fourth-order valence-corrected chi connectivity index (χ4v) is 3.15. The van der Waals surface area contributed by atoms with E-state index in [1.54, 1.807) is 21.9 Å². The van der Waals surface area contributed by atoms with E-state index < -0.39 is 0 Å². The molecule has 2 heterocycles. The van der Waals surface area contributed by atoms with Gasteiger partial charge >= 0.3 is 12.1 Å². The number of nitrogens with zero attached hydrogens (tertiary/aromatic N) is 2. The topological polar surface area (TPSA) is 91.0 Å². The van der Waals surface area contributed by atoms with Crippen LogP contribution in [0.4, 0.5) is 15.3 Å². The Balaban J connectivity index is 1.45. The molecule has 1 aromatic rings. The number of nitrogens with one attached hydrogen (secondary N) is 2. The van der Waals surface area contributed by atoms with Gasteiger partial charge in [0.2, 0.25) is 5.91 Å². The van der Waals surface area contributed by atoms with Crippen LogP contribution >= 0.6 is 0 Å². The summed E-state index contributed by atoms with van der Waals surface area (Å²) >= 11 is 0. The van der Waals surface area contributed by atoms with Crippen LogP contribution in [0, 0.1) is 0 Å². The lowest BCUT2D eigenvalue weighted by Gasteiger charge is -2.21. The Hall–Kier alpha value is -2.77. The van der Waals surface area contributed by atoms with Crippen LogP contribution < -0.4 is 10.6 Å². The van der Waals surface area contributed by atoms with Crippen LogP contribution in [0.2, 0.25) is 0 Å². The monoisotopic (exact) mass is 360 g/mol. The van der Waals surface area contributed by atoms with Gasteiger partial charge in [0.15, 0.2) is 0 Å². The molecule has 0 radical (unpaired) electrons. The number of likely N-dealkylation sites (tertiary alicyclic amines) is 1. The van der Waals surface area contributed by atoms with E-state index in [0.717, 1.165) is 18.5 Å². The third-order valence-corrected chi connectivity index (χ3v) is 4.47. The van der Waals surface area contributed by atoms with Gasteiger partial charge in [-0.3, -0.25) is 4.79 Å². The highest BCUT2D eigenvalue weighted by molar-refractivity contribution is 5.89. The minimum atomic E-state index is -0.306. The standard InChI is InChI=1S/C18H24N4O4/c1-13(11-21-8-2-3-16(21)23)19-17(24)20-15-6-4-14(5-7-15)12-22-9-10-26-18(22)25/h4-7,13H,2-3,8-12H2,1H3,(H2,19,20,24)/t13-/m1/s1. The summed E-state index contributed by atoms with van der Waals surface area (Å²) in [6.07, 6.45) is 1.19. The number of carbonyl (C=O) groups is 3. The molecule has 0 saturated carbocycles. The van der Waals surface area contributed by atoms with E-state index in [9.17, 15) is 14.4 Å². The van der Waals surface area contributed by atoms with Gasteiger partial charge in [-0.25, -0.2) is 9.59 Å². The van der Waals surface area contributed by atoms with Gasteiger partial charge in [-0.1, -0.05) is 12.1 Å². The van der Waals surface area contributed by atoms with Gasteiger partial charge < -0.3 is 25.2 Å². The van der Waals surface area contributed by atoms with Crippen LogP contribution in [0.1, 0.15) is 25.3 Å². The molecule has 26 heavy (non-hydrogen) atoms. The molecule has 0 aliphatic carbocycles. The molecule has 1 aromatic carbocycles. The number of hydrogen-bond acceptors (Lipinski definition) is 4. The molecule has 2 N–H and O–H groups in total. The van der Waals surface area contributed by atoms with E-state index in [2.05, 4.69) is 10.6 Å². The number of anilines is 1. The van der Waals surface area contributed by atoms with Gasteiger partial charge in [-0.15, -0.1) is 0 Å². The van der Waals surface area contributed by atoms with E-state index in [4.69, 9.17) is 4.74 Å². The molecule has 8 heteroatoms. The molecule has 0 bridgehead atoms. The second-order valence-corrected chi connectivity index (χ2v) is 6.68. The molecular formula is C18H24N4O4. The second kappa shape index (κ2) is 8.07. The SMILES string of the molecule is C[C@H](CN1CCCC1=O)NC(=O)Nc1ccc(CN2CCOC2=O)cc1. The Morgan fingerprint density at radius 3 is 2.58 bits per heavy atom. The Bertz CT molecular complexity index is 676. The van der Waals surface area contributed by atoms with Crippen LogP contribution in [-0.4, -0.2) is 60.1 Å². The van der Waals surface area contributed by atoms with Crippen LogP contribution in [0.3, 0.4) is 0 Å². The first-order valence-electron chi connectivity index (χ1n) is 8.87. The Kier molecular flexibility index (Phi) is 5.60. The third-order valence-electron chi connectivity index (χ3n) is 4.47. The molecular weight excluding hydrogens is 336 g/mol. The number of amides is 4. The minimum absolute atomic E-state index is 0.127. The molecule has 2 fully saturated rings. The molecule has 140 valence electrons. The molecule has 0 unspecified atom stereocenters. The molecule has 2 aliphatic heterocycles. The predicted molar refractivity (Wildman–Crippen MR) is 95.6 cm³/mol. The van der Waals surface area contributed by atoms with Crippen LogP contribution in [0.25, 0.3) is 0 Å². The second-order valence-electron chi connectivity index (χ2n) is 6.68. The number of cyclic esters (lactones) is 1. The van der Waals surface area contributed by atoms with Gasteiger partial charge in [0.25, 0.3) is 0 Å². The van der Waals surface area contributed by atoms with Gasteiger partial charge in [0, 0.05) is 37.8 Å². The zero-order chi connectivity index (χ0) is 18.5. The zero-order valence-electron chi connectivity index (χ0n) is 14.9. The summed E-state index contributed by atoms with van der Waals surface area (Å²) in [5.74, 6) is 0.150. The first kappa shape index (κ1) is 18.0. The quantitative estimate of drug-likeness (QED) is 0.809. The maximum Gasteiger partial charge on any atom is 0.410 e. The maximum absolute atomic E-state index is 12.1. The first-order valence-corrected chi connectivity index (χ1v) is 8.87. The first-order chi connectivity index (χ1) is 12.5. The van der Waals surface area contributed by atoms with Crippen molar-refractivity contribution in [2.75, 3.05) is 31.6 Å². The molecule has 0 aromatic heterocycles. The minimum Gasteiger partial charge on any atom is -0.448 e. The van der Waals surface area contributed by atoms with Crippen molar-refractivity contribution in [3.8, 4) is 0 Å². The number of benzene rings is 1. The molecule has 2 aliphatic rings. The average Bonchev–Trinajstić information content (AvgIpc) is 3.18. The fourth-order valence-electron chi connectivity index (χ4n) is 3.15. The van der Waals surface area contributed by atoms with Gasteiger partial charge in [0.05, 0.1) is 6.54 Å². The lowest BCUT2D eigenvalue weighted by molar-refractivity contribution is -0.127. The zero-order valence-corrected chi connectivity index (χ0v) is 14.9. The number of carbonyl (C=O) groups excluding carboxylic acids is 3. The van der Waals surface area contributed by atoms with E-state index in [1.165, 1.54) is 0 Å². The van der Waals surface area contributed by atoms with Crippen molar-refractivity contribution >= 4 is 23.7 Å². The van der Waals surface area contributed by atoms with Crippen molar-refractivity contribution in [1.82, 2.24) is 15.1 Å². The molecule has 0 spiro atoms. The Morgan fingerprint density at radius 1 is 1.19 bits per heavy atom. The smallest absolute Gasteiger partial charge is 0.410 e. The van der Waals surface area contributed by atoms with Crippen molar-refractivity contribution in [3.05, 3.63) is 29.8 Å². The molecule has 4 amide bonds. The van der Waals surface area contributed by atoms with Crippen molar-refractivity contribution in [2.45, 2.75) is 32.4 Å². The summed E-state index contributed by atoms with van der Waals surface area (Å²) in [5, 5.41) is 5.62. The summed E-state index contributed by atoms with van der Waals surface area (Å²) in [5.41, 5.74) is 1.63. The van der Waals surface area contributed by atoms with E-state index in [1.807, 2.05) is 19.1 Å². The van der Waals surface area contributed by atoms with Gasteiger partial charge in [0.1, 0.15) is 6.61 Å². The summed E-state index contributed by atoms with van der Waals surface area (Å²) in [6.45, 7) is 4.68. The van der Waals surface area contributed by atoms with Crippen LogP contribution in [0.15, 0.2) is 24.3 Å². The fraction of sp³-hybridized carbons (Fsp3) is 0.500. The van der Waals surface area contributed by atoms with Gasteiger partial charge in [-0.05, 0) is 31.0 Å². The number of rotatable bonds is 6. The predicted octanol–water partition coefficient (Wildman–Crippen LogP) is 1.77. The van der Waals surface area contributed by atoms with E-state index in [0.29, 0.717) is 38.3 Å². The number of ether oxygens (including phenoxy) is 1.